The van der Waals surface area contributed by atoms with Crippen LogP contribution in [0.2, 0.25) is 0 Å². The quantitative estimate of drug-likeness (QED) is 0.680. The second kappa shape index (κ2) is 10.4. The number of ether oxygens (including phenoxy) is 1. The molecule has 2 heterocycles. The maximum Gasteiger partial charge on any atom is 0.243 e. The summed E-state index contributed by atoms with van der Waals surface area (Å²) in [4.78, 5) is 27.0. The van der Waals surface area contributed by atoms with Crippen LogP contribution in [0, 0.1) is 0 Å². The van der Waals surface area contributed by atoms with Gasteiger partial charge in [0.05, 0.1) is 12.8 Å². The Morgan fingerprint density at radius 3 is 2.76 bits per heavy atom. The van der Waals surface area contributed by atoms with Gasteiger partial charge in [-0.2, -0.15) is 5.10 Å². The van der Waals surface area contributed by atoms with Crippen LogP contribution < -0.4 is 10.1 Å². The van der Waals surface area contributed by atoms with E-state index in [1.807, 2.05) is 24.3 Å². The van der Waals surface area contributed by atoms with Gasteiger partial charge in [-0.1, -0.05) is 6.42 Å². The Morgan fingerprint density at radius 1 is 1.24 bits per heavy atom. The third-order valence-electron chi connectivity index (χ3n) is 5.71. The zero-order valence-corrected chi connectivity index (χ0v) is 17.5. The summed E-state index contributed by atoms with van der Waals surface area (Å²) in [7, 11) is 1.62. The minimum atomic E-state index is -0.162. The molecular formula is C22H32N4O3. The Morgan fingerprint density at radius 2 is 2.03 bits per heavy atom. The molecule has 2 aliphatic rings. The second-order valence-electron chi connectivity index (χ2n) is 7.81. The zero-order valence-electron chi connectivity index (χ0n) is 17.5. The van der Waals surface area contributed by atoms with Crippen LogP contribution in [-0.2, 0) is 9.59 Å². The number of carbonyl (C=O) groups excluding carboxylic acids is 2. The Bertz CT molecular complexity index is 732. The number of piperidine rings is 1. The fourth-order valence-corrected chi connectivity index (χ4v) is 3.91. The first-order chi connectivity index (χ1) is 14.1. The van der Waals surface area contributed by atoms with Gasteiger partial charge in [-0.25, -0.2) is 5.01 Å². The van der Waals surface area contributed by atoms with Crippen LogP contribution in [0.5, 0.6) is 5.75 Å². The largest absolute Gasteiger partial charge is 0.497 e. The first-order valence-corrected chi connectivity index (χ1v) is 10.6. The van der Waals surface area contributed by atoms with Gasteiger partial charge in [0.1, 0.15) is 12.3 Å². The van der Waals surface area contributed by atoms with E-state index in [-0.39, 0.29) is 18.4 Å². The number of rotatable bonds is 8. The van der Waals surface area contributed by atoms with Gasteiger partial charge >= 0.3 is 0 Å². The van der Waals surface area contributed by atoms with Crippen LogP contribution in [0.1, 0.15) is 51.0 Å². The molecule has 3 rings (SSSR count). The van der Waals surface area contributed by atoms with Gasteiger partial charge in [-0.3, -0.25) is 9.59 Å². The summed E-state index contributed by atoms with van der Waals surface area (Å²) < 4.78 is 5.18. The van der Waals surface area contributed by atoms with Crippen molar-refractivity contribution in [2.75, 3.05) is 33.3 Å². The molecular weight excluding hydrogens is 368 g/mol. The molecule has 1 fully saturated rings. The van der Waals surface area contributed by atoms with Crippen molar-refractivity contribution in [3.8, 4) is 5.75 Å². The molecule has 158 valence electrons. The number of amides is 2. The third-order valence-corrected chi connectivity index (χ3v) is 5.71. The van der Waals surface area contributed by atoms with Crippen molar-refractivity contribution >= 4 is 17.5 Å². The third kappa shape index (κ3) is 6.03. The molecule has 1 N–H and O–H groups in total. The van der Waals surface area contributed by atoms with Crippen LogP contribution in [-0.4, -0.2) is 66.8 Å². The fourth-order valence-electron chi connectivity index (χ4n) is 3.91. The van der Waals surface area contributed by atoms with E-state index in [1.54, 1.807) is 7.11 Å². The SMILES string of the molecule is COc1ccc(C2=NN(CC(=O)NCCCN3CCCCC3C)C(=O)CC2)cc1. The van der Waals surface area contributed by atoms with Crippen molar-refractivity contribution in [1.29, 1.82) is 0 Å². The summed E-state index contributed by atoms with van der Waals surface area (Å²) in [5.41, 5.74) is 1.76. The van der Waals surface area contributed by atoms with E-state index >= 15 is 0 Å². The van der Waals surface area contributed by atoms with Crippen LogP contribution in [0.4, 0.5) is 0 Å². The van der Waals surface area contributed by atoms with Gasteiger partial charge in [-0.15, -0.1) is 0 Å². The number of benzene rings is 1. The van der Waals surface area contributed by atoms with Crippen LogP contribution in [0.15, 0.2) is 29.4 Å². The topological polar surface area (TPSA) is 74.2 Å². The zero-order chi connectivity index (χ0) is 20.6. The van der Waals surface area contributed by atoms with Crippen molar-refractivity contribution in [2.24, 2.45) is 5.10 Å². The number of methoxy groups -OCH3 is 1. The molecule has 0 saturated carbocycles. The molecule has 0 aliphatic carbocycles. The van der Waals surface area contributed by atoms with E-state index in [9.17, 15) is 9.59 Å². The lowest BCUT2D eigenvalue weighted by atomic mass is 10.0. The number of nitrogens with zero attached hydrogens (tertiary/aromatic N) is 3. The predicted molar refractivity (Wildman–Crippen MR) is 113 cm³/mol. The van der Waals surface area contributed by atoms with E-state index in [2.05, 4.69) is 22.2 Å². The standard InChI is InChI=1S/C22H32N4O3/c1-17-6-3-4-14-25(17)15-5-13-23-21(27)16-26-22(28)12-11-20(24-26)18-7-9-19(29-2)10-8-18/h7-10,17H,3-6,11-16H2,1-2H3,(H,23,27). The number of hydrogen-bond donors (Lipinski definition) is 1. The minimum Gasteiger partial charge on any atom is -0.497 e. The first-order valence-electron chi connectivity index (χ1n) is 10.6. The summed E-state index contributed by atoms with van der Waals surface area (Å²) in [6.07, 6.45) is 5.71. The van der Waals surface area contributed by atoms with Crippen molar-refractivity contribution in [3.05, 3.63) is 29.8 Å². The molecule has 0 aromatic heterocycles. The summed E-state index contributed by atoms with van der Waals surface area (Å²) in [5.74, 6) is 0.501. The number of nitrogens with one attached hydrogen (secondary N) is 1. The van der Waals surface area contributed by atoms with Gasteiger partial charge in [0.2, 0.25) is 11.8 Å². The summed E-state index contributed by atoms with van der Waals surface area (Å²) in [5, 5.41) is 8.66. The number of likely N-dealkylation sites (tertiary alicyclic amines) is 1. The van der Waals surface area contributed by atoms with Crippen molar-refractivity contribution in [1.82, 2.24) is 15.2 Å². The molecule has 1 aromatic rings. The number of hydrogen-bond acceptors (Lipinski definition) is 5. The highest BCUT2D eigenvalue weighted by Gasteiger charge is 2.23. The summed E-state index contributed by atoms with van der Waals surface area (Å²) in [6.45, 7) is 5.03. The lowest BCUT2D eigenvalue weighted by molar-refractivity contribution is -0.136. The average Bonchev–Trinajstić information content (AvgIpc) is 2.74. The highest BCUT2D eigenvalue weighted by Crippen LogP contribution is 2.18. The van der Waals surface area contributed by atoms with Crippen LogP contribution >= 0.6 is 0 Å². The van der Waals surface area contributed by atoms with Gasteiger partial charge in [0.15, 0.2) is 0 Å². The molecule has 0 spiro atoms. The van der Waals surface area contributed by atoms with Gasteiger partial charge in [0.25, 0.3) is 0 Å². The van der Waals surface area contributed by atoms with Gasteiger partial charge < -0.3 is 15.0 Å². The van der Waals surface area contributed by atoms with Crippen molar-refractivity contribution in [2.45, 2.75) is 51.5 Å². The monoisotopic (exact) mass is 400 g/mol. The molecule has 1 aromatic carbocycles. The molecule has 1 saturated heterocycles. The maximum atomic E-state index is 12.3. The highest BCUT2D eigenvalue weighted by atomic mass is 16.5. The molecule has 0 bridgehead atoms. The van der Waals surface area contributed by atoms with E-state index in [0.29, 0.717) is 25.4 Å². The highest BCUT2D eigenvalue weighted by molar-refractivity contribution is 6.04. The van der Waals surface area contributed by atoms with E-state index < -0.39 is 0 Å². The first kappa shape index (κ1) is 21.3. The lowest BCUT2D eigenvalue weighted by Crippen LogP contribution is -2.42. The number of hydrazone groups is 1. The molecule has 2 aliphatic heterocycles. The smallest absolute Gasteiger partial charge is 0.243 e. The van der Waals surface area contributed by atoms with Crippen LogP contribution in [0.25, 0.3) is 0 Å². The van der Waals surface area contributed by atoms with E-state index in [4.69, 9.17) is 4.74 Å². The maximum absolute atomic E-state index is 12.3. The molecule has 1 atom stereocenters. The Hall–Kier alpha value is -2.41. The Balaban J connectivity index is 1.47. The van der Waals surface area contributed by atoms with Gasteiger partial charge in [0, 0.05) is 32.0 Å². The van der Waals surface area contributed by atoms with Crippen molar-refractivity contribution in [3.63, 3.8) is 0 Å². The van der Waals surface area contributed by atoms with Crippen molar-refractivity contribution < 1.29 is 14.3 Å². The van der Waals surface area contributed by atoms with E-state index in [0.717, 1.165) is 36.5 Å². The van der Waals surface area contributed by atoms with Gasteiger partial charge in [-0.05, 0) is 62.6 Å². The number of carbonyl (C=O) groups is 2. The second-order valence-corrected chi connectivity index (χ2v) is 7.81. The lowest BCUT2D eigenvalue weighted by Gasteiger charge is -2.33. The Labute approximate surface area is 173 Å². The molecule has 29 heavy (non-hydrogen) atoms. The molecule has 7 nitrogen and oxygen atoms in total. The minimum absolute atomic E-state index is 0.0292. The Kier molecular flexibility index (Phi) is 7.63. The normalized spacial score (nSPS) is 20.3. The fraction of sp³-hybridized carbons (Fsp3) is 0.591. The average molecular weight is 401 g/mol. The van der Waals surface area contributed by atoms with E-state index in [1.165, 1.54) is 24.3 Å². The molecule has 0 radical (unpaired) electrons. The summed E-state index contributed by atoms with van der Waals surface area (Å²) >= 11 is 0. The predicted octanol–water partition coefficient (Wildman–Crippen LogP) is 2.40. The van der Waals surface area contributed by atoms with Crippen LogP contribution in [0.3, 0.4) is 0 Å². The molecule has 2 amide bonds. The molecule has 1 unspecified atom stereocenters. The molecule has 7 heteroatoms. The summed E-state index contributed by atoms with van der Waals surface area (Å²) in [6, 6.07) is 8.22.